The standard InChI is InChI=1S/C21H23ClN4O3S/c1-25(11-12-29-17-9-7-16(22)8-10-17)19(27)14-30-21-24-23-20(26(21)2)15-5-4-6-18(13-15)28-3/h4-10,13H,11-12,14H2,1-3H3. The van der Waals surface area contributed by atoms with Gasteiger partial charge in [0.25, 0.3) is 0 Å². The van der Waals surface area contributed by atoms with Crippen molar-refractivity contribution in [2.45, 2.75) is 5.16 Å². The molecule has 0 aliphatic heterocycles. The van der Waals surface area contributed by atoms with E-state index in [1.807, 2.05) is 35.9 Å². The molecule has 9 heteroatoms. The zero-order valence-electron chi connectivity index (χ0n) is 17.0. The van der Waals surface area contributed by atoms with Crippen LogP contribution < -0.4 is 9.47 Å². The van der Waals surface area contributed by atoms with Crippen molar-refractivity contribution in [2.24, 2.45) is 7.05 Å². The van der Waals surface area contributed by atoms with E-state index in [2.05, 4.69) is 10.2 Å². The topological polar surface area (TPSA) is 69.5 Å². The fourth-order valence-corrected chi connectivity index (χ4v) is 3.62. The van der Waals surface area contributed by atoms with E-state index < -0.39 is 0 Å². The lowest BCUT2D eigenvalue weighted by molar-refractivity contribution is -0.127. The van der Waals surface area contributed by atoms with Crippen LogP contribution in [0, 0.1) is 0 Å². The van der Waals surface area contributed by atoms with E-state index in [-0.39, 0.29) is 11.7 Å². The molecule has 1 aromatic heterocycles. The molecule has 1 amide bonds. The first kappa shape index (κ1) is 22.0. The molecule has 0 atom stereocenters. The van der Waals surface area contributed by atoms with Gasteiger partial charge >= 0.3 is 0 Å². The molecular formula is C21H23ClN4O3S. The maximum absolute atomic E-state index is 12.4. The summed E-state index contributed by atoms with van der Waals surface area (Å²) < 4.78 is 12.8. The predicted molar refractivity (Wildman–Crippen MR) is 118 cm³/mol. The third-order valence-electron chi connectivity index (χ3n) is 4.42. The number of halogens is 1. The molecule has 0 aliphatic rings. The van der Waals surface area contributed by atoms with E-state index in [9.17, 15) is 4.79 Å². The van der Waals surface area contributed by atoms with Gasteiger partial charge in [-0.05, 0) is 36.4 Å². The number of rotatable bonds is 9. The quantitative estimate of drug-likeness (QED) is 0.466. The maximum Gasteiger partial charge on any atom is 0.232 e. The van der Waals surface area contributed by atoms with E-state index in [0.29, 0.717) is 29.2 Å². The van der Waals surface area contributed by atoms with Crippen LogP contribution in [0.15, 0.2) is 53.7 Å². The molecule has 7 nitrogen and oxygen atoms in total. The van der Waals surface area contributed by atoms with Gasteiger partial charge in [-0.3, -0.25) is 4.79 Å². The first-order valence-corrected chi connectivity index (χ1v) is 10.6. The summed E-state index contributed by atoms with van der Waals surface area (Å²) in [5, 5.41) is 9.80. The van der Waals surface area contributed by atoms with Gasteiger partial charge in [0.05, 0.1) is 19.4 Å². The monoisotopic (exact) mass is 446 g/mol. The van der Waals surface area contributed by atoms with Gasteiger partial charge in [0, 0.05) is 24.7 Å². The molecule has 0 bridgehead atoms. The number of hydrogen-bond acceptors (Lipinski definition) is 6. The molecule has 0 spiro atoms. The van der Waals surface area contributed by atoms with E-state index in [0.717, 1.165) is 17.1 Å². The zero-order chi connectivity index (χ0) is 21.5. The summed E-state index contributed by atoms with van der Waals surface area (Å²) in [5.74, 6) is 2.45. The highest BCUT2D eigenvalue weighted by Crippen LogP contribution is 2.25. The SMILES string of the molecule is COc1cccc(-c2nnc(SCC(=O)N(C)CCOc3ccc(Cl)cc3)n2C)c1. The van der Waals surface area contributed by atoms with Crippen molar-refractivity contribution in [2.75, 3.05) is 33.1 Å². The number of carbonyl (C=O) groups is 1. The summed E-state index contributed by atoms with van der Waals surface area (Å²) >= 11 is 7.21. The lowest BCUT2D eigenvalue weighted by atomic mass is 10.2. The van der Waals surface area contributed by atoms with Crippen molar-refractivity contribution in [3.63, 3.8) is 0 Å². The third kappa shape index (κ3) is 5.67. The molecule has 0 aliphatic carbocycles. The Labute approximate surface area is 185 Å². The van der Waals surface area contributed by atoms with Crippen LogP contribution in [0.2, 0.25) is 5.02 Å². The number of hydrogen-bond donors (Lipinski definition) is 0. The second-order valence-corrected chi connectivity index (χ2v) is 7.88. The number of ether oxygens (including phenoxy) is 2. The molecular weight excluding hydrogens is 424 g/mol. The summed E-state index contributed by atoms with van der Waals surface area (Å²) in [4.78, 5) is 14.1. The van der Waals surface area contributed by atoms with Crippen LogP contribution in [0.5, 0.6) is 11.5 Å². The Hall–Kier alpha value is -2.71. The van der Waals surface area contributed by atoms with E-state index in [1.165, 1.54) is 11.8 Å². The van der Waals surface area contributed by atoms with E-state index in [1.54, 1.807) is 43.3 Å². The minimum atomic E-state index is -0.00867. The molecule has 0 fully saturated rings. The molecule has 3 rings (SSSR count). The van der Waals surface area contributed by atoms with E-state index >= 15 is 0 Å². The highest BCUT2D eigenvalue weighted by molar-refractivity contribution is 7.99. The van der Waals surface area contributed by atoms with Gasteiger partial charge in [0.15, 0.2) is 11.0 Å². The largest absolute Gasteiger partial charge is 0.497 e. The summed E-state index contributed by atoms with van der Waals surface area (Å²) in [6.45, 7) is 0.883. The van der Waals surface area contributed by atoms with Gasteiger partial charge in [-0.1, -0.05) is 35.5 Å². The molecule has 0 saturated carbocycles. The first-order valence-electron chi connectivity index (χ1n) is 9.27. The number of nitrogens with zero attached hydrogens (tertiary/aromatic N) is 4. The molecule has 158 valence electrons. The van der Waals surface area contributed by atoms with Crippen molar-refractivity contribution < 1.29 is 14.3 Å². The second-order valence-electron chi connectivity index (χ2n) is 6.50. The summed E-state index contributed by atoms with van der Waals surface area (Å²) in [6.07, 6.45) is 0. The Bertz CT molecular complexity index is 994. The Morgan fingerprint density at radius 2 is 1.93 bits per heavy atom. The van der Waals surface area contributed by atoms with Crippen molar-refractivity contribution in [1.82, 2.24) is 19.7 Å². The van der Waals surface area contributed by atoms with Gasteiger partial charge < -0.3 is 18.9 Å². The van der Waals surface area contributed by atoms with Crippen molar-refractivity contribution in [1.29, 1.82) is 0 Å². The Morgan fingerprint density at radius 3 is 2.67 bits per heavy atom. The van der Waals surface area contributed by atoms with Crippen LogP contribution in [0.25, 0.3) is 11.4 Å². The number of amides is 1. The van der Waals surface area contributed by atoms with Crippen LogP contribution in [0.3, 0.4) is 0 Å². The maximum atomic E-state index is 12.4. The molecule has 0 unspecified atom stereocenters. The molecule has 30 heavy (non-hydrogen) atoms. The van der Waals surface area contributed by atoms with Crippen molar-refractivity contribution in [3.05, 3.63) is 53.6 Å². The third-order valence-corrected chi connectivity index (χ3v) is 5.68. The normalized spacial score (nSPS) is 10.7. The minimum absolute atomic E-state index is 0.00867. The first-order chi connectivity index (χ1) is 14.5. The minimum Gasteiger partial charge on any atom is -0.497 e. The fourth-order valence-electron chi connectivity index (χ4n) is 2.65. The Morgan fingerprint density at radius 1 is 1.17 bits per heavy atom. The Kier molecular flexibility index (Phi) is 7.59. The Balaban J connectivity index is 1.50. The van der Waals surface area contributed by atoms with Gasteiger partial charge in [0.1, 0.15) is 18.1 Å². The van der Waals surface area contributed by atoms with Gasteiger partial charge in [0.2, 0.25) is 5.91 Å². The van der Waals surface area contributed by atoms with Gasteiger partial charge in [-0.2, -0.15) is 0 Å². The number of likely N-dealkylation sites (N-methyl/N-ethyl adjacent to an activating group) is 1. The number of thioether (sulfide) groups is 1. The van der Waals surface area contributed by atoms with Gasteiger partial charge in [-0.25, -0.2) is 0 Å². The van der Waals surface area contributed by atoms with Crippen molar-refractivity contribution >= 4 is 29.3 Å². The zero-order valence-corrected chi connectivity index (χ0v) is 18.6. The lowest BCUT2D eigenvalue weighted by Gasteiger charge is -2.17. The van der Waals surface area contributed by atoms with Crippen LogP contribution >= 0.6 is 23.4 Å². The van der Waals surface area contributed by atoms with Gasteiger partial charge in [-0.15, -0.1) is 10.2 Å². The summed E-state index contributed by atoms with van der Waals surface area (Å²) in [5.41, 5.74) is 0.902. The lowest BCUT2D eigenvalue weighted by Crippen LogP contribution is -2.32. The number of benzene rings is 2. The molecule has 3 aromatic rings. The highest BCUT2D eigenvalue weighted by Gasteiger charge is 2.15. The highest BCUT2D eigenvalue weighted by atomic mass is 35.5. The average molecular weight is 447 g/mol. The molecule has 0 radical (unpaired) electrons. The van der Waals surface area contributed by atoms with Crippen LogP contribution in [0.4, 0.5) is 0 Å². The smallest absolute Gasteiger partial charge is 0.232 e. The van der Waals surface area contributed by atoms with E-state index in [4.69, 9.17) is 21.1 Å². The van der Waals surface area contributed by atoms with Crippen LogP contribution in [0.1, 0.15) is 0 Å². The second kappa shape index (κ2) is 10.4. The van der Waals surface area contributed by atoms with Crippen LogP contribution in [-0.2, 0) is 11.8 Å². The summed E-state index contributed by atoms with van der Waals surface area (Å²) in [6, 6.07) is 14.8. The predicted octanol–water partition coefficient (Wildman–Crippen LogP) is 3.77. The number of aromatic nitrogens is 3. The number of methoxy groups -OCH3 is 1. The fraction of sp³-hybridized carbons (Fsp3) is 0.286. The summed E-state index contributed by atoms with van der Waals surface area (Å²) in [7, 11) is 5.26. The van der Waals surface area contributed by atoms with Crippen LogP contribution in [-0.4, -0.2) is 58.6 Å². The molecule has 0 saturated heterocycles. The number of carbonyl (C=O) groups excluding carboxylic acids is 1. The van der Waals surface area contributed by atoms with Crippen molar-refractivity contribution in [3.8, 4) is 22.9 Å². The molecule has 1 heterocycles. The molecule has 0 N–H and O–H groups in total. The molecule has 2 aromatic carbocycles. The average Bonchev–Trinajstić information content (AvgIpc) is 3.13.